The van der Waals surface area contributed by atoms with Crippen molar-refractivity contribution in [3.05, 3.63) is 28.0 Å². The van der Waals surface area contributed by atoms with Crippen molar-refractivity contribution in [1.29, 1.82) is 0 Å². The highest BCUT2D eigenvalue weighted by Crippen LogP contribution is 2.32. The molecule has 0 aromatic carbocycles. The second-order valence-electron chi connectivity index (χ2n) is 5.35. The summed E-state index contributed by atoms with van der Waals surface area (Å²) in [5, 5.41) is 1.32. The molecule has 3 nitrogen and oxygen atoms in total. The second kappa shape index (κ2) is 4.35. The van der Waals surface area contributed by atoms with Crippen LogP contribution >= 0.6 is 15.9 Å². The number of fused-ring (bicyclic) bond motifs is 3. The molecule has 1 atom stereocenters. The van der Waals surface area contributed by atoms with E-state index in [9.17, 15) is 0 Å². The molecule has 0 spiro atoms. The Labute approximate surface area is 116 Å². The first kappa shape index (κ1) is 12.2. The molecule has 3 rings (SSSR count). The molecular formula is C14H18BrN3. The lowest BCUT2D eigenvalue weighted by molar-refractivity contribution is 0.267. The lowest BCUT2D eigenvalue weighted by Gasteiger charge is -2.28. The van der Waals surface area contributed by atoms with Gasteiger partial charge in [-0.3, -0.25) is 0 Å². The maximum atomic E-state index is 4.62. The van der Waals surface area contributed by atoms with Crippen molar-refractivity contribution in [2.24, 2.45) is 7.05 Å². The lowest BCUT2D eigenvalue weighted by Crippen LogP contribution is -2.33. The van der Waals surface area contributed by atoms with Crippen LogP contribution in [0, 0.1) is 0 Å². The average Bonchev–Trinajstić information content (AvgIpc) is 2.62. The molecule has 4 heteroatoms. The quantitative estimate of drug-likeness (QED) is 0.755. The Balaban J connectivity index is 2.16. The zero-order valence-corrected chi connectivity index (χ0v) is 12.7. The van der Waals surface area contributed by atoms with Gasteiger partial charge in [0.25, 0.3) is 0 Å². The van der Waals surface area contributed by atoms with Gasteiger partial charge < -0.3 is 9.47 Å². The van der Waals surface area contributed by atoms with E-state index < -0.39 is 0 Å². The number of hydrogen-bond donors (Lipinski definition) is 0. The van der Waals surface area contributed by atoms with Crippen molar-refractivity contribution in [1.82, 2.24) is 14.5 Å². The first-order valence-corrected chi connectivity index (χ1v) is 7.16. The minimum absolute atomic E-state index is 0.659. The smallest absolute Gasteiger partial charge is 0.141 e. The molecule has 0 saturated carbocycles. The van der Waals surface area contributed by atoms with Gasteiger partial charge in [0.1, 0.15) is 10.3 Å². The van der Waals surface area contributed by atoms with Gasteiger partial charge in [-0.05, 0) is 67.0 Å². The Bertz CT molecular complexity index is 601. The summed E-state index contributed by atoms with van der Waals surface area (Å²) in [7, 11) is 6.49. The van der Waals surface area contributed by atoms with Gasteiger partial charge in [-0.25, -0.2) is 4.98 Å². The Hall–Kier alpha value is -0.870. The molecule has 18 heavy (non-hydrogen) atoms. The summed E-state index contributed by atoms with van der Waals surface area (Å²) in [5.74, 6) is 0. The van der Waals surface area contributed by atoms with E-state index in [2.05, 4.69) is 57.6 Å². The number of pyridine rings is 1. The molecule has 0 bridgehead atoms. The molecule has 2 heterocycles. The number of aromatic nitrogens is 2. The van der Waals surface area contributed by atoms with Crippen molar-refractivity contribution >= 4 is 27.0 Å². The van der Waals surface area contributed by atoms with Crippen LogP contribution in [0.1, 0.15) is 17.7 Å². The third-order valence-electron chi connectivity index (χ3n) is 4.12. The molecule has 0 amide bonds. The first-order valence-electron chi connectivity index (χ1n) is 6.37. The fourth-order valence-corrected chi connectivity index (χ4v) is 3.33. The topological polar surface area (TPSA) is 21.1 Å². The Morgan fingerprint density at radius 1 is 1.39 bits per heavy atom. The predicted octanol–water partition coefficient (Wildman–Crippen LogP) is 2.75. The molecule has 1 aliphatic rings. The number of aryl methyl sites for hydroxylation is 1. The highest BCUT2D eigenvalue weighted by molar-refractivity contribution is 9.10. The molecular weight excluding hydrogens is 290 g/mol. The van der Waals surface area contributed by atoms with Crippen molar-refractivity contribution in [3.8, 4) is 0 Å². The number of hydrogen-bond acceptors (Lipinski definition) is 2. The highest BCUT2D eigenvalue weighted by atomic mass is 79.9. The maximum Gasteiger partial charge on any atom is 0.141 e. The number of halogens is 1. The number of likely N-dealkylation sites (N-methyl/N-ethyl adjacent to an activating group) is 1. The van der Waals surface area contributed by atoms with Gasteiger partial charge in [-0.15, -0.1) is 0 Å². The molecule has 96 valence electrons. The lowest BCUT2D eigenvalue weighted by atomic mass is 9.91. The van der Waals surface area contributed by atoms with Crippen molar-refractivity contribution in [2.75, 3.05) is 14.1 Å². The molecule has 2 aromatic heterocycles. The van der Waals surface area contributed by atoms with Gasteiger partial charge in [0.05, 0.1) is 0 Å². The summed E-state index contributed by atoms with van der Waals surface area (Å²) in [6.07, 6.45) is 3.54. The highest BCUT2D eigenvalue weighted by Gasteiger charge is 2.25. The summed E-state index contributed by atoms with van der Waals surface area (Å²) in [6, 6.07) is 4.90. The standard InChI is InChI=1S/C14H18BrN3/c1-17(2)9-4-6-12-11(8-9)10-5-7-13(15)16-14(10)18(12)3/h5,7,9H,4,6,8H2,1-3H3. The van der Waals surface area contributed by atoms with Crippen LogP contribution in [0.3, 0.4) is 0 Å². The van der Waals surface area contributed by atoms with Crippen LogP contribution in [-0.4, -0.2) is 34.6 Å². The van der Waals surface area contributed by atoms with Crippen LogP contribution in [0.25, 0.3) is 11.0 Å². The van der Waals surface area contributed by atoms with Gasteiger partial charge >= 0.3 is 0 Å². The van der Waals surface area contributed by atoms with E-state index in [0.29, 0.717) is 6.04 Å². The van der Waals surface area contributed by atoms with Crippen LogP contribution < -0.4 is 0 Å². The van der Waals surface area contributed by atoms with E-state index in [1.54, 1.807) is 0 Å². The number of rotatable bonds is 1. The average molecular weight is 308 g/mol. The zero-order valence-electron chi connectivity index (χ0n) is 11.1. The third kappa shape index (κ3) is 1.79. The molecule has 0 saturated heterocycles. The van der Waals surface area contributed by atoms with Crippen molar-refractivity contribution in [2.45, 2.75) is 25.3 Å². The summed E-state index contributed by atoms with van der Waals surface area (Å²) >= 11 is 3.46. The largest absolute Gasteiger partial charge is 0.332 e. The Morgan fingerprint density at radius 3 is 2.89 bits per heavy atom. The molecule has 1 aliphatic carbocycles. The van der Waals surface area contributed by atoms with Crippen LogP contribution in [0.4, 0.5) is 0 Å². The Kier molecular flexibility index (Phi) is 2.94. The number of nitrogens with zero attached hydrogens (tertiary/aromatic N) is 3. The predicted molar refractivity (Wildman–Crippen MR) is 77.9 cm³/mol. The van der Waals surface area contributed by atoms with Gasteiger partial charge in [0.2, 0.25) is 0 Å². The van der Waals surface area contributed by atoms with Crippen molar-refractivity contribution in [3.63, 3.8) is 0 Å². The molecule has 2 aromatic rings. The normalized spacial score (nSPS) is 19.5. The minimum Gasteiger partial charge on any atom is -0.332 e. The van der Waals surface area contributed by atoms with Crippen LogP contribution in [0.15, 0.2) is 16.7 Å². The van der Waals surface area contributed by atoms with Gasteiger partial charge in [0.15, 0.2) is 0 Å². The van der Waals surface area contributed by atoms with Gasteiger partial charge in [-0.2, -0.15) is 0 Å². The molecule has 0 fully saturated rings. The van der Waals surface area contributed by atoms with Crippen LogP contribution in [0.5, 0.6) is 0 Å². The summed E-state index contributed by atoms with van der Waals surface area (Å²) in [5.41, 5.74) is 4.07. The monoisotopic (exact) mass is 307 g/mol. The van der Waals surface area contributed by atoms with Crippen LogP contribution in [0.2, 0.25) is 0 Å². The van der Waals surface area contributed by atoms with E-state index >= 15 is 0 Å². The molecule has 0 radical (unpaired) electrons. The van der Waals surface area contributed by atoms with Crippen LogP contribution in [-0.2, 0) is 19.9 Å². The molecule has 0 aliphatic heterocycles. The van der Waals surface area contributed by atoms with E-state index in [1.807, 2.05) is 6.07 Å². The summed E-state index contributed by atoms with van der Waals surface area (Å²) in [6.45, 7) is 0. The zero-order chi connectivity index (χ0) is 12.9. The SMILES string of the molecule is CN(C)C1CCc2c(c3ccc(Br)nc3n2C)C1. The second-order valence-corrected chi connectivity index (χ2v) is 6.16. The van der Waals surface area contributed by atoms with E-state index in [-0.39, 0.29) is 0 Å². The third-order valence-corrected chi connectivity index (χ3v) is 4.56. The van der Waals surface area contributed by atoms with Gasteiger partial charge in [0, 0.05) is 24.2 Å². The minimum atomic E-state index is 0.659. The molecule has 1 unspecified atom stereocenters. The Morgan fingerprint density at radius 2 is 2.17 bits per heavy atom. The fraction of sp³-hybridized carbons (Fsp3) is 0.500. The first-order chi connectivity index (χ1) is 8.58. The van der Waals surface area contributed by atoms with Crippen molar-refractivity contribution < 1.29 is 0 Å². The van der Waals surface area contributed by atoms with E-state index in [1.165, 1.54) is 23.1 Å². The summed E-state index contributed by atoms with van der Waals surface area (Å²) in [4.78, 5) is 6.96. The van der Waals surface area contributed by atoms with E-state index in [0.717, 1.165) is 23.1 Å². The maximum absolute atomic E-state index is 4.62. The molecule has 0 N–H and O–H groups in total. The summed E-state index contributed by atoms with van der Waals surface area (Å²) < 4.78 is 3.18. The fourth-order valence-electron chi connectivity index (χ4n) is 3.03. The van der Waals surface area contributed by atoms with E-state index in [4.69, 9.17) is 0 Å². The van der Waals surface area contributed by atoms with Gasteiger partial charge in [-0.1, -0.05) is 0 Å².